The van der Waals surface area contributed by atoms with Crippen molar-refractivity contribution in [3.8, 4) is 0 Å². The first-order chi connectivity index (χ1) is 5.27. The van der Waals surface area contributed by atoms with Crippen molar-refractivity contribution in [3.05, 3.63) is 19.0 Å². The van der Waals surface area contributed by atoms with E-state index in [2.05, 4.69) is 17.2 Å². The highest BCUT2D eigenvalue weighted by molar-refractivity contribution is 4.85. The van der Waals surface area contributed by atoms with Gasteiger partial charge in [-0.3, -0.25) is 4.57 Å². The molecule has 1 aromatic heterocycles. The summed E-state index contributed by atoms with van der Waals surface area (Å²) in [7, 11) is 3.82. The Morgan fingerprint density at radius 1 is 1.55 bits per heavy atom. The zero-order valence-electron chi connectivity index (χ0n) is 6.05. The van der Waals surface area contributed by atoms with Crippen molar-refractivity contribution >= 4 is 0 Å². The quantitative estimate of drug-likeness (QED) is 0.469. The molecule has 0 radical (unpaired) electrons. The van der Waals surface area contributed by atoms with Crippen LogP contribution in [0, 0.1) is 13.1 Å². The number of nitrogens with one attached hydrogen (secondary N) is 1. The Bertz CT molecular complexity index is 270. The summed E-state index contributed by atoms with van der Waals surface area (Å²) in [6.07, 6.45) is -0.479. The Balaban J connectivity index is 2.36. The van der Waals surface area contributed by atoms with Crippen molar-refractivity contribution < 1.29 is 9.29 Å². The van der Waals surface area contributed by atoms with Crippen molar-refractivity contribution in [2.75, 3.05) is 6.54 Å². The van der Waals surface area contributed by atoms with Crippen LogP contribution in [0.4, 0.5) is 4.39 Å². The molecule has 0 saturated heterocycles. The number of nitrogens with zero attached hydrogens (tertiary/aromatic N) is 3. The molecule has 2 heterocycles. The molecular formula is C6H9FN4. The van der Waals surface area contributed by atoms with E-state index >= 15 is 0 Å². The molecule has 1 unspecified atom stereocenters. The first-order valence-electron chi connectivity index (χ1n) is 3.51. The Labute approximate surface area is 63.6 Å². The van der Waals surface area contributed by atoms with Crippen LogP contribution < -0.4 is 4.90 Å². The summed E-state index contributed by atoms with van der Waals surface area (Å²) in [5.74, 6) is 0.693. The van der Waals surface area contributed by atoms with Crippen LogP contribution in [0.25, 0.3) is 0 Å². The molecule has 0 bridgehead atoms. The van der Waals surface area contributed by atoms with Gasteiger partial charge in [-0.25, -0.2) is 0 Å². The first kappa shape index (κ1) is 6.72. The van der Waals surface area contributed by atoms with Crippen LogP contribution in [0.5, 0.6) is 0 Å². The number of halogens is 1. The van der Waals surface area contributed by atoms with Crippen molar-refractivity contribution in [3.63, 3.8) is 0 Å². The predicted octanol–water partition coefficient (Wildman–Crippen LogP) is -1.39. The van der Waals surface area contributed by atoms with Gasteiger partial charge < -0.3 is 4.90 Å². The van der Waals surface area contributed by atoms with Gasteiger partial charge in [0.1, 0.15) is 6.54 Å². The second kappa shape index (κ2) is 2.27. The molecule has 1 aliphatic heterocycles. The van der Waals surface area contributed by atoms with Gasteiger partial charge in [0.05, 0.1) is 13.1 Å². The minimum Gasteiger partial charge on any atom is -0.460 e. The van der Waals surface area contributed by atoms with Crippen LogP contribution in [0.1, 0.15) is 5.82 Å². The predicted molar refractivity (Wildman–Crippen MR) is 34.9 cm³/mol. The topological polar surface area (TPSA) is 35.2 Å². The average Bonchev–Trinajstić information content (AvgIpc) is 2.32. The number of fused-ring (bicyclic) bond motifs is 1. The monoisotopic (exact) mass is 156 g/mol. The standard InChI is InChI=1S/C6H9FN4/c1-10-2-3-11-5(4-10)8-9-6(11)7/h10H,1-4H2. The number of quaternary nitrogens is 1. The summed E-state index contributed by atoms with van der Waals surface area (Å²) in [5, 5.41) is 7.02. The largest absolute Gasteiger partial charge is 0.460 e. The van der Waals surface area contributed by atoms with E-state index in [1.165, 1.54) is 4.57 Å². The lowest BCUT2D eigenvalue weighted by atomic mass is 10.4. The molecule has 2 rings (SSSR count). The van der Waals surface area contributed by atoms with Gasteiger partial charge in [0.15, 0.2) is 5.82 Å². The van der Waals surface area contributed by atoms with Gasteiger partial charge in [0.2, 0.25) is 0 Å². The molecule has 0 aromatic carbocycles. The van der Waals surface area contributed by atoms with Gasteiger partial charge in [-0.2, -0.15) is 11.4 Å². The number of aromatic nitrogens is 3. The van der Waals surface area contributed by atoms with Crippen LogP contribution in [-0.4, -0.2) is 21.3 Å². The Kier molecular flexibility index (Phi) is 1.38. The van der Waals surface area contributed by atoms with Gasteiger partial charge in [-0.1, -0.05) is 5.10 Å². The third-order valence-corrected chi connectivity index (χ3v) is 1.88. The molecule has 0 spiro atoms. The van der Waals surface area contributed by atoms with Gasteiger partial charge in [-0.15, -0.1) is 5.10 Å². The molecule has 5 heteroatoms. The van der Waals surface area contributed by atoms with E-state index in [-0.39, 0.29) is 0 Å². The lowest BCUT2D eigenvalue weighted by Crippen LogP contribution is -3.07. The fraction of sp³-hybridized carbons (Fsp3) is 0.500. The fourth-order valence-electron chi connectivity index (χ4n) is 1.25. The molecule has 11 heavy (non-hydrogen) atoms. The molecule has 0 saturated carbocycles. The highest BCUT2D eigenvalue weighted by Gasteiger charge is 2.18. The maximum Gasteiger partial charge on any atom is 0.309 e. The van der Waals surface area contributed by atoms with Crippen LogP contribution in [0.2, 0.25) is 0 Å². The summed E-state index contributed by atoms with van der Waals surface area (Å²) >= 11 is 0. The Morgan fingerprint density at radius 3 is 3.18 bits per heavy atom. The highest BCUT2D eigenvalue weighted by atomic mass is 19.1. The van der Waals surface area contributed by atoms with E-state index < -0.39 is 6.08 Å². The molecule has 1 N–H and O–H groups in total. The molecule has 1 aromatic rings. The third-order valence-electron chi connectivity index (χ3n) is 1.88. The van der Waals surface area contributed by atoms with Crippen LogP contribution >= 0.6 is 0 Å². The normalized spacial score (nSPS) is 23.3. The number of hydrogen-bond donors (Lipinski definition) is 1. The second-order valence-corrected chi connectivity index (χ2v) is 2.71. The molecule has 1 atom stereocenters. The third kappa shape index (κ3) is 1.01. The van der Waals surface area contributed by atoms with Crippen LogP contribution in [0.3, 0.4) is 0 Å². The lowest BCUT2D eigenvalue weighted by Gasteiger charge is -2.25. The lowest BCUT2D eigenvalue weighted by molar-refractivity contribution is -0.873. The number of rotatable bonds is 0. The first-order valence-corrected chi connectivity index (χ1v) is 3.51. The SMILES string of the molecule is [CH2-][NH+]1CCn2c(F)nnc2C1. The van der Waals surface area contributed by atoms with Crippen molar-refractivity contribution in [2.24, 2.45) is 0 Å². The van der Waals surface area contributed by atoms with E-state index in [0.29, 0.717) is 18.9 Å². The van der Waals surface area contributed by atoms with E-state index in [1.54, 1.807) is 0 Å². The summed E-state index contributed by atoms with van der Waals surface area (Å²) in [4.78, 5) is 1.10. The summed E-state index contributed by atoms with van der Waals surface area (Å²) in [6.45, 7) is 2.13. The minimum atomic E-state index is -0.479. The molecule has 0 aliphatic carbocycles. The van der Waals surface area contributed by atoms with Gasteiger partial charge in [0.25, 0.3) is 0 Å². The zero-order valence-corrected chi connectivity index (χ0v) is 6.05. The smallest absolute Gasteiger partial charge is 0.309 e. The maximum absolute atomic E-state index is 12.7. The second-order valence-electron chi connectivity index (χ2n) is 2.71. The average molecular weight is 156 g/mol. The Morgan fingerprint density at radius 2 is 2.36 bits per heavy atom. The summed E-state index contributed by atoms with van der Waals surface area (Å²) < 4.78 is 14.2. The molecule has 1 aliphatic rings. The van der Waals surface area contributed by atoms with Crippen molar-refractivity contribution in [2.45, 2.75) is 13.1 Å². The fourth-order valence-corrected chi connectivity index (χ4v) is 1.25. The van der Waals surface area contributed by atoms with Crippen molar-refractivity contribution in [1.29, 1.82) is 0 Å². The van der Waals surface area contributed by atoms with E-state index in [9.17, 15) is 4.39 Å². The molecular weight excluding hydrogens is 147 g/mol. The van der Waals surface area contributed by atoms with E-state index in [0.717, 1.165) is 11.4 Å². The maximum atomic E-state index is 12.7. The highest BCUT2D eigenvalue weighted by Crippen LogP contribution is 2.00. The molecule has 60 valence electrons. The van der Waals surface area contributed by atoms with Crippen molar-refractivity contribution in [1.82, 2.24) is 14.8 Å². The Hall–Kier alpha value is -0.970. The molecule has 0 amide bonds. The van der Waals surface area contributed by atoms with Crippen LogP contribution in [0.15, 0.2) is 0 Å². The van der Waals surface area contributed by atoms with E-state index in [4.69, 9.17) is 0 Å². The van der Waals surface area contributed by atoms with Gasteiger partial charge >= 0.3 is 6.08 Å². The van der Waals surface area contributed by atoms with E-state index in [1.807, 2.05) is 0 Å². The summed E-state index contributed by atoms with van der Waals surface area (Å²) in [5.41, 5.74) is 0. The van der Waals surface area contributed by atoms with Gasteiger partial charge in [-0.05, 0) is 0 Å². The number of hydrogen-bond acceptors (Lipinski definition) is 2. The molecule has 0 fully saturated rings. The van der Waals surface area contributed by atoms with Gasteiger partial charge in [0, 0.05) is 0 Å². The van der Waals surface area contributed by atoms with Crippen LogP contribution in [-0.2, 0) is 13.1 Å². The molecule has 4 nitrogen and oxygen atoms in total. The zero-order chi connectivity index (χ0) is 7.84. The minimum absolute atomic E-state index is 0.479. The summed E-state index contributed by atoms with van der Waals surface area (Å²) in [6, 6.07) is 0.